The molecule has 164 valence electrons. The van der Waals surface area contributed by atoms with E-state index in [0.717, 1.165) is 25.1 Å². The summed E-state index contributed by atoms with van der Waals surface area (Å²) in [5.41, 5.74) is 6.70. The van der Waals surface area contributed by atoms with Crippen molar-refractivity contribution in [3.8, 4) is 5.69 Å². The third-order valence-electron chi connectivity index (χ3n) is 5.82. The zero-order valence-electron chi connectivity index (χ0n) is 17.4. The zero-order valence-corrected chi connectivity index (χ0v) is 17.4. The van der Waals surface area contributed by atoms with Gasteiger partial charge in [0.1, 0.15) is 24.4 Å². The molecule has 2 heterocycles. The van der Waals surface area contributed by atoms with Gasteiger partial charge in [-0.15, -0.1) is 0 Å². The molecule has 1 aliphatic heterocycles. The molecule has 0 bridgehead atoms. The van der Waals surface area contributed by atoms with Gasteiger partial charge in [-0.3, -0.25) is 0 Å². The molecule has 2 aliphatic rings. The van der Waals surface area contributed by atoms with Crippen LogP contribution in [0.2, 0.25) is 0 Å². The summed E-state index contributed by atoms with van der Waals surface area (Å²) in [5.74, 6) is 1.01. The molecule has 31 heavy (non-hydrogen) atoms. The standard InChI is InChI=1S/C22H24N3O.BF4/c1-3-15-9-7-10-16(4-2)21(15)25-14-24-20(23-25)13-26-19-12-17-8-5-6-11-18(17)22(19)24;2-1(3,4)5/h5-11,14,19,22H,3-4,12-13H2,1-2H3;/q+1;-1/t19-,22?;/m0./s1. The Bertz CT molecular complexity index is 1050. The van der Waals surface area contributed by atoms with Crippen LogP contribution in [0.3, 0.4) is 0 Å². The van der Waals surface area contributed by atoms with Gasteiger partial charge in [-0.25, -0.2) is 4.57 Å². The molecule has 5 rings (SSSR count). The van der Waals surface area contributed by atoms with Crippen molar-refractivity contribution in [3.05, 3.63) is 76.9 Å². The Morgan fingerprint density at radius 3 is 2.32 bits per heavy atom. The summed E-state index contributed by atoms with van der Waals surface area (Å²) in [4.78, 5) is 0. The van der Waals surface area contributed by atoms with E-state index in [1.807, 2.05) is 0 Å². The number of fused-ring (bicyclic) bond motifs is 5. The third kappa shape index (κ3) is 4.37. The van der Waals surface area contributed by atoms with Gasteiger partial charge in [-0.1, -0.05) is 61.0 Å². The second kappa shape index (κ2) is 8.46. The fourth-order valence-electron chi connectivity index (χ4n) is 4.54. The Labute approximate surface area is 178 Å². The molecule has 2 aromatic carbocycles. The van der Waals surface area contributed by atoms with Crippen LogP contribution < -0.4 is 4.57 Å². The van der Waals surface area contributed by atoms with Crippen LogP contribution in [0.4, 0.5) is 17.3 Å². The molecule has 0 saturated carbocycles. The van der Waals surface area contributed by atoms with Gasteiger partial charge in [0.15, 0.2) is 0 Å². The lowest BCUT2D eigenvalue weighted by molar-refractivity contribution is -0.739. The van der Waals surface area contributed by atoms with E-state index in [9.17, 15) is 17.3 Å². The summed E-state index contributed by atoms with van der Waals surface area (Å²) in [5, 5.41) is 4.93. The molecule has 0 N–H and O–H groups in total. The number of halogens is 4. The summed E-state index contributed by atoms with van der Waals surface area (Å²) in [6.07, 6.45) is 5.40. The molecule has 0 amide bonds. The van der Waals surface area contributed by atoms with Gasteiger partial charge in [0, 0.05) is 11.5 Å². The van der Waals surface area contributed by atoms with Crippen LogP contribution in [-0.4, -0.2) is 23.1 Å². The zero-order chi connectivity index (χ0) is 22.2. The Hall–Kier alpha value is -2.68. The van der Waals surface area contributed by atoms with Crippen molar-refractivity contribution in [2.24, 2.45) is 0 Å². The van der Waals surface area contributed by atoms with E-state index in [1.54, 1.807) is 0 Å². The Kier molecular flexibility index (Phi) is 5.88. The monoisotopic (exact) mass is 433 g/mol. The van der Waals surface area contributed by atoms with Gasteiger partial charge in [-0.05, 0) is 35.1 Å². The van der Waals surface area contributed by atoms with Crippen molar-refractivity contribution in [1.29, 1.82) is 0 Å². The number of benzene rings is 2. The number of ether oxygens (including phenoxy) is 1. The van der Waals surface area contributed by atoms with Crippen molar-refractivity contribution in [2.75, 3.05) is 0 Å². The lowest BCUT2D eigenvalue weighted by Gasteiger charge is -2.23. The number of rotatable bonds is 3. The van der Waals surface area contributed by atoms with Gasteiger partial charge in [-0.2, -0.15) is 0 Å². The van der Waals surface area contributed by atoms with E-state index in [4.69, 9.17) is 9.84 Å². The fraction of sp³-hybridized carbons (Fsp3) is 0.364. The summed E-state index contributed by atoms with van der Waals surface area (Å²) >= 11 is 0. The van der Waals surface area contributed by atoms with Gasteiger partial charge < -0.3 is 22.0 Å². The minimum Gasteiger partial charge on any atom is -0.418 e. The maximum absolute atomic E-state index is 9.75. The van der Waals surface area contributed by atoms with Crippen molar-refractivity contribution < 1.29 is 26.6 Å². The largest absolute Gasteiger partial charge is 0.673 e. The molecule has 0 saturated heterocycles. The molecule has 2 atom stereocenters. The molecule has 4 nitrogen and oxygen atoms in total. The summed E-state index contributed by atoms with van der Waals surface area (Å²) in [6, 6.07) is 15.5. The summed E-state index contributed by atoms with van der Waals surface area (Å²) in [6.45, 7) is 5.00. The Balaban J connectivity index is 0.000000418. The first-order valence-corrected chi connectivity index (χ1v) is 10.5. The van der Waals surface area contributed by atoms with Crippen molar-refractivity contribution in [3.63, 3.8) is 0 Å². The third-order valence-corrected chi connectivity index (χ3v) is 5.82. The summed E-state index contributed by atoms with van der Waals surface area (Å²) < 4.78 is 49.6. The molecule has 1 aliphatic carbocycles. The number of hydrogen-bond donors (Lipinski definition) is 0. The average Bonchev–Trinajstić information content (AvgIpc) is 3.32. The predicted octanol–water partition coefficient (Wildman–Crippen LogP) is 4.63. The molecule has 0 radical (unpaired) electrons. The minimum atomic E-state index is -6.00. The Morgan fingerprint density at radius 2 is 1.68 bits per heavy atom. The molecule has 0 spiro atoms. The normalized spacial score (nSPS) is 19.2. The van der Waals surface area contributed by atoms with Gasteiger partial charge >= 0.3 is 13.1 Å². The molecular weight excluding hydrogens is 409 g/mol. The van der Waals surface area contributed by atoms with E-state index in [0.29, 0.717) is 6.61 Å². The van der Waals surface area contributed by atoms with E-state index in [2.05, 4.69) is 71.9 Å². The first-order valence-electron chi connectivity index (χ1n) is 10.5. The number of aryl methyl sites for hydroxylation is 2. The van der Waals surface area contributed by atoms with Crippen LogP contribution in [0.5, 0.6) is 0 Å². The fourth-order valence-corrected chi connectivity index (χ4v) is 4.54. The highest BCUT2D eigenvalue weighted by atomic mass is 19.5. The van der Waals surface area contributed by atoms with E-state index in [-0.39, 0.29) is 12.1 Å². The number of nitrogens with zero attached hydrogens (tertiary/aromatic N) is 3. The van der Waals surface area contributed by atoms with Crippen molar-refractivity contribution in [1.82, 2.24) is 9.78 Å². The van der Waals surface area contributed by atoms with Crippen molar-refractivity contribution >= 4 is 7.25 Å². The highest BCUT2D eigenvalue weighted by Crippen LogP contribution is 2.35. The second-order valence-corrected chi connectivity index (χ2v) is 7.71. The lowest BCUT2D eigenvalue weighted by atomic mass is 10.0. The van der Waals surface area contributed by atoms with Gasteiger partial charge in [0.25, 0.3) is 0 Å². The van der Waals surface area contributed by atoms with Gasteiger partial charge in [0.2, 0.25) is 6.33 Å². The first-order chi connectivity index (χ1) is 14.8. The topological polar surface area (TPSA) is 30.9 Å². The van der Waals surface area contributed by atoms with Crippen LogP contribution in [0, 0.1) is 0 Å². The van der Waals surface area contributed by atoms with Crippen LogP contribution in [0.25, 0.3) is 5.69 Å². The molecule has 1 unspecified atom stereocenters. The first kappa shape index (κ1) is 21.6. The summed E-state index contributed by atoms with van der Waals surface area (Å²) in [7, 11) is -6.00. The lowest BCUT2D eigenvalue weighted by Crippen LogP contribution is -2.51. The second-order valence-electron chi connectivity index (χ2n) is 7.71. The maximum Gasteiger partial charge on any atom is 0.673 e. The van der Waals surface area contributed by atoms with Crippen LogP contribution in [0.1, 0.15) is 48.0 Å². The predicted molar refractivity (Wildman–Crippen MR) is 110 cm³/mol. The molecular formula is C22H24BF4N3O. The number of aromatic nitrogens is 3. The smallest absolute Gasteiger partial charge is 0.418 e. The highest BCUT2D eigenvalue weighted by Gasteiger charge is 2.43. The van der Waals surface area contributed by atoms with Crippen LogP contribution >= 0.6 is 0 Å². The maximum atomic E-state index is 9.75. The SMILES string of the molecule is CCc1cccc(CC)c1-n1c[n+]2c(n1)CO[C@H]1Cc3ccccc3C12.F[B-](F)(F)F. The molecule has 9 heteroatoms. The number of para-hydroxylation sites is 1. The van der Waals surface area contributed by atoms with E-state index >= 15 is 0 Å². The highest BCUT2D eigenvalue weighted by molar-refractivity contribution is 6.50. The number of hydrogen-bond acceptors (Lipinski definition) is 2. The average molecular weight is 433 g/mol. The van der Waals surface area contributed by atoms with E-state index < -0.39 is 7.25 Å². The Morgan fingerprint density at radius 1 is 1.03 bits per heavy atom. The molecule has 1 aromatic heterocycles. The minimum absolute atomic E-state index is 0.217. The van der Waals surface area contributed by atoms with Gasteiger partial charge in [0.05, 0.1) is 0 Å². The van der Waals surface area contributed by atoms with Crippen molar-refractivity contribution in [2.45, 2.75) is 51.9 Å². The molecule has 0 fully saturated rings. The van der Waals surface area contributed by atoms with Crippen LogP contribution in [-0.2, 0) is 30.6 Å². The molecule has 3 aromatic rings. The van der Waals surface area contributed by atoms with E-state index in [1.165, 1.54) is 27.9 Å². The van der Waals surface area contributed by atoms with Crippen LogP contribution in [0.15, 0.2) is 48.8 Å². The quantitative estimate of drug-likeness (QED) is 0.343.